The highest BCUT2D eigenvalue weighted by atomic mass is 19.1. The molecule has 1 heterocycles. The van der Waals surface area contributed by atoms with Crippen LogP contribution >= 0.6 is 0 Å². The molecule has 0 aliphatic rings. The first-order chi connectivity index (χ1) is 11.4. The molecule has 0 spiro atoms. The standard InChI is InChI=1S/C21H23FN2/c1-21(2,3)16-10-8-15(9-11-16)18(22)12-13-20-17-6-4-5-7-19(17)23-14-24-20/h4-11,14,18H,12-13H2,1-3H3. The Hall–Kier alpha value is -2.29. The quantitative estimate of drug-likeness (QED) is 0.627. The number of aromatic nitrogens is 2. The van der Waals surface area contributed by atoms with Crippen molar-refractivity contribution in [3.05, 3.63) is 71.7 Å². The van der Waals surface area contributed by atoms with Gasteiger partial charge in [-0.2, -0.15) is 0 Å². The van der Waals surface area contributed by atoms with Crippen molar-refractivity contribution < 1.29 is 4.39 Å². The van der Waals surface area contributed by atoms with E-state index in [4.69, 9.17) is 0 Å². The van der Waals surface area contributed by atoms with E-state index < -0.39 is 6.17 Å². The van der Waals surface area contributed by atoms with Crippen LogP contribution in [-0.4, -0.2) is 9.97 Å². The summed E-state index contributed by atoms with van der Waals surface area (Å²) in [6.07, 6.45) is 1.61. The Bertz CT molecular complexity index is 814. The Balaban J connectivity index is 1.72. The highest BCUT2D eigenvalue weighted by molar-refractivity contribution is 5.80. The normalized spacial score (nSPS) is 13.2. The van der Waals surface area contributed by atoms with Gasteiger partial charge in [0.25, 0.3) is 0 Å². The third-order valence-corrected chi connectivity index (χ3v) is 4.40. The summed E-state index contributed by atoms with van der Waals surface area (Å²) in [4.78, 5) is 8.60. The summed E-state index contributed by atoms with van der Waals surface area (Å²) in [7, 11) is 0. The van der Waals surface area contributed by atoms with Gasteiger partial charge in [0.2, 0.25) is 0 Å². The number of hydrogen-bond donors (Lipinski definition) is 0. The van der Waals surface area contributed by atoms with E-state index in [1.807, 2.05) is 48.5 Å². The van der Waals surface area contributed by atoms with Crippen molar-refractivity contribution in [2.75, 3.05) is 0 Å². The molecule has 0 fully saturated rings. The third kappa shape index (κ3) is 3.61. The van der Waals surface area contributed by atoms with Crippen LogP contribution in [0, 0.1) is 0 Å². The molecule has 0 amide bonds. The number of nitrogens with zero attached hydrogens (tertiary/aromatic N) is 2. The van der Waals surface area contributed by atoms with Gasteiger partial charge < -0.3 is 0 Å². The highest BCUT2D eigenvalue weighted by Crippen LogP contribution is 2.28. The summed E-state index contributed by atoms with van der Waals surface area (Å²) in [5, 5.41) is 1.01. The Morgan fingerprint density at radius 1 is 0.958 bits per heavy atom. The molecule has 3 heteroatoms. The van der Waals surface area contributed by atoms with Crippen LogP contribution in [0.25, 0.3) is 10.9 Å². The predicted molar refractivity (Wildman–Crippen MR) is 96.9 cm³/mol. The summed E-state index contributed by atoms with van der Waals surface area (Å²) in [5.74, 6) is 0. The second-order valence-corrected chi connectivity index (χ2v) is 7.22. The van der Waals surface area contributed by atoms with Crippen molar-refractivity contribution in [3.8, 4) is 0 Å². The molecule has 0 aliphatic carbocycles. The first kappa shape index (κ1) is 16.6. The van der Waals surface area contributed by atoms with Gasteiger partial charge in [-0.05, 0) is 35.4 Å². The molecule has 3 rings (SSSR count). The second kappa shape index (κ2) is 6.68. The van der Waals surface area contributed by atoms with Gasteiger partial charge in [-0.25, -0.2) is 14.4 Å². The van der Waals surface area contributed by atoms with E-state index in [-0.39, 0.29) is 5.41 Å². The SMILES string of the molecule is CC(C)(C)c1ccc(C(F)CCc2ncnc3ccccc23)cc1. The van der Waals surface area contributed by atoms with E-state index >= 15 is 0 Å². The minimum absolute atomic E-state index is 0.0875. The predicted octanol–water partition coefficient (Wildman–Crippen LogP) is 5.57. The van der Waals surface area contributed by atoms with E-state index in [0.717, 1.165) is 22.2 Å². The van der Waals surface area contributed by atoms with E-state index in [2.05, 4.69) is 30.7 Å². The van der Waals surface area contributed by atoms with Crippen molar-refractivity contribution in [2.45, 2.75) is 45.2 Å². The number of rotatable bonds is 4. The summed E-state index contributed by atoms with van der Waals surface area (Å²) >= 11 is 0. The number of para-hydroxylation sites is 1. The van der Waals surface area contributed by atoms with Gasteiger partial charge in [0, 0.05) is 5.39 Å². The van der Waals surface area contributed by atoms with Gasteiger partial charge in [-0.3, -0.25) is 0 Å². The van der Waals surface area contributed by atoms with E-state index in [9.17, 15) is 4.39 Å². The molecular weight excluding hydrogens is 299 g/mol. The molecule has 3 aromatic rings. The van der Waals surface area contributed by atoms with Crippen LogP contribution in [0.15, 0.2) is 54.9 Å². The van der Waals surface area contributed by atoms with Gasteiger partial charge in [0.1, 0.15) is 12.5 Å². The fourth-order valence-electron chi connectivity index (χ4n) is 2.88. The van der Waals surface area contributed by atoms with Crippen LogP contribution in [-0.2, 0) is 11.8 Å². The first-order valence-corrected chi connectivity index (χ1v) is 8.38. The highest BCUT2D eigenvalue weighted by Gasteiger charge is 2.16. The molecule has 1 aromatic heterocycles. The number of halogens is 1. The van der Waals surface area contributed by atoms with Crippen molar-refractivity contribution >= 4 is 10.9 Å². The molecule has 0 radical (unpaired) electrons. The largest absolute Gasteiger partial charge is 0.242 e. The summed E-state index contributed by atoms with van der Waals surface area (Å²) in [5.41, 5.74) is 3.87. The summed E-state index contributed by atoms with van der Waals surface area (Å²) in [6, 6.07) is 15.7. The Morgan fingerprint density at radius 3 is 2.38 bits per heavy atom. The number of alkyl halides is 1. The van der Waals surface area contributed by atoms with Crippen LogP contribution in [0.2, 0.25) is 0 Å². The van der Waals surface area contributed by atoms with Gasteiger partial charge >= 0.3 is 0 Å². The maximum Gasteiger partial charge on any atom is 0.125 e. The lowest BCUT2D eigenvalue weighted by Crippen LogP contribution is -2.10. The van der Waals surface area contributed by atoms with Gasteiger partial charge in [0.05, 0.1) is 11.2 Å². The van der Waals surface area contributed by atoms with Gasteiger partial charge in [0.15, 0.2) is 0 Å². The van der Waals surface area contributed by atoms with Gasteiger partial charge in [-0.15, -0.1) is 0 Å². The topological polar surface area (TPSA) is 25.8 Å². The minimum atomic E-state index is -0.979. The molecule has 24 heavy (non-hydrogen) atoms. The molecule has 0 saturated heterocycles. The zero-order chi connectivity index (χ0) is 17.2. The molecule has 2 nitrogen and oxygen atoms in total. The van der Waals surface area contributed by atoms with Crippen LogP contribution in [0.4, 0.5) is 4.39 Å². The third-order valence-electron chi connectivity index (χ3n) is 4.40. The number of hydrogen-bond acceptors (Lipinski definition) is 2. The van der Waals surface area contributed by atoms with Crippen LogP contribution in [0.3, 0.4) is 0 Å². The summed E-state index contributed by atoms with van der Waals surface area (Å²) in [6.45, 7) is 6.49. The maximum atomic E-state index is 14.6. The molecule has 0 saturated carbocycles. The van der Waals surface area contributed by atoms with Crippen molar-refractivity contribution in [2.24, 2.45) is 0 Å². The fourth-order valence-corrected chi connectivity index (χ4v) is 2.88. The van der Waals surface area contributed by atoms with E-state index in [0.29, 0.717) is 12.8 Å². The Labute approximate surface area is 142 Å². The van der Waals surface area contributed by atoms with Gasteiger partial charge in [-0.1, -0.05) is 63.2 Å². The Morgan fingerprint density at radius 2 is 1.67 bits per heavy atom. The average molecular weight is 322 g/mol. The first-order valence-electron chi connectivity index (χ1n) is 8.38. The molecule has 124 valence electrons. The monoisotopic (exact) mass is 322 g/mol. The molecule has 0 bridgehead atoms. The zero-order valence-electron chi connectivity index (χ0n) is 14.5. The average Bonchev–Trinajstić information content (AvgIpc) is 2.59. The lowest BCUT2D eigenvalue weighted by Gasteiger charge is -2.19. The van der Waals surface area contributed by atoms with Crippen molar-refractivity contribution in [1.82, 2.24) is 9.97 Å². The van der Waals surface area contributed by atoms with Crippen LogP contribution in [0.5, 0.6) is 0 Å². The fraction of sp³-hybridized carbons (Fsp3) is 0.333. The van der Waals surface area contributed by atoms with E-state index in [1.54, 1.807) is 6.33 Å². The van der Waals surface area contributed by atoms with Crippen molar-refractivity contribution in [1.29, 1.82) is 0 Å². The van der Waals surface area contributed by atoms with Crippen LogP contribution in [0.1, 0.15) is 50.2 Å². The Kier molecular flexibility index (Phi) is 4.61. The van der Waals surface area contributed by atoms with Crippen LogP contribution < -0.4 is 0 Å². The molecule has 1 unspecified atom stereocenters. The second-order valence-electron chi connectivity index (χ2n) is 7.22. The number of aryl methyl sites for hydroxylation is 1. The molecule has 0 aliphatic heterocycles. The number of benzene rings is 2. The summed E-state index contributed by atoms with van der Waals surface area (Å²) < 4.78 is 14.6. The molecule has 1 atom stereocenters. The lowest BCUT2D eigenvalue weighted by atomic mass is 9.86. The number of fused-ring (bicyclic) bond motifs is 1. The smallest absolute Gasteiger partial charge is 0.125 e. The van der Waals surface area contributed by atoms with E-state index in [1.165, 1.54) is 5.56 Å². The lowest BCUT2D eigenvalue weighted by molar-refractivity contribution is 0.323. The molecular formula is C21H23FN2. The zero-order valence-corrected chi connectivity index (χ0v) is 14.5. The molecule has 0 N–H and O–H groups in total. The minimum Gasteiger partial charge on any atom is -0.242 e. The maximum absolute atomic E-state index is 14.6. The molecule has 2 aromatic carbocycles. The van der Waals surface area contributed by atoms with Crippen molar-refractivity contribution in [3.63, 3.8) is 0 Å².